The van der Waals surface area contributed by atoms with Crippen molar-refractivity contribution in [3.8, 4) is 5.75 Å². The van der Waals surface area contributed by atoms with Crippen LogP contribution in [-0.2, 0) is 10.2 Å². The van der Waals surface area contributed by atoms with E-state index in [2.05, 4.69) is 35.1 Å². The molecule has 2 bridgehead atoms. The third kappa shape index (κ3) is 6.35. The molecule has 226 valence electrons. The maximum Gasteiger partial charge on any atom is 0.503 e. The number of hydrogen-bond donors (Lipinski definition) is 1. The number of nitrogens with zero attached hydrogens (tertiary/aromatic N) is 3. The Kier molecular flexibility index (Phi) is 8.67. The van der Waals surface area contributed by atoms with Gasteiger partial charge in [-0.1, -0.05) is 31.4 Å². The number of rotatable bonds is 8. The van der Waals surface area contributed by atoms with Crippen LogP contribution < -0.4 is 15.4 Å². The Morgan fingerprint density at radius 1 is 1.10 bits per heavy atom. The Bertz CT molecular complexity index is 1320. The van der Waals surface area contributed by atoms with Gasteiger partial charge in [0.1, 0.15) is 11.6 Å². The number of aryl methyl sites for hydroxylation is 1. The van der Waals surface area contributed by atoms with Gasteiger partial charge in [-0.25, -0.2) is 4.98 Å². The summed E-state index contributed by atoms with van der Waals surface area (Å²) in [5, 5.41) is 0. The Morgan fingerprint density at radius 2 is 1.79 bits per heavy atom. The number of amides is 1. The number of methoxy groups -OCH3 is 1. The fraction of sp³-hybridized carbons (Fsp3) is 0.545. The van der Waals surface area contributed by atoms with Crippen LogP contribution in [0, 0.1) is 18.3 Å². The zero-order valence-electron chi connectivity index (χ0n) is 24.6. The van der Waals surface area contributed by atoms with E-state index >= 15 is 0 Å². The van der Waals surface area contributed by atoms with E-state index in [4.69, 9.17) is 10.5 Å². The number of alkyl halides is 3. The van der Waals surface area contributed by atoms with E-state index in [-0.39, 0.29) is 28.2 Å². The molecule has 0 radical (unpaired) electrons. The zero-order valence-corrected chi connectivity index (χ0v) is 24.6. The molecule has 4 saturated carbocycles. The lowest BCUT2D eigenvalue weighted by atomic mass is 9.51. The van der Waals surface area contributed by atoms with Gasteiger partial charge in [0, 0.05) is 36.6 Å². The quantitative estimate of drug-likeness (QED) is 0.258. The van der Waals surface area contributed by atoms with Crippen molar-refractivity contribution in [2.24, 2.45) is 22.1 Å². The second-order valence-electron chi connectivity index (χ2n) is 12.5. The molecular weight excluding hydrogens is 541 g/mol. The molecule has 1 amide bonds. The van der Waals surface area contributed by atoms with Crippen LogP contribution in [0.3, 0.4) is 0 Å². The van der Waals surface area contributed by atoms with Crippen molar-refractivity contribution >= 4 is 23.5 Å². The number of hydrogen-bond acceptors (Lipinski definition) is 5. The van der Waals surface area contributed by atoms with Crippen LogP contribution >= 0.6 is 0 Å². The SMILES string of the molecule is COc1ccc(C23CCC(CN(C(=O)C4CCCCC4)c4cc(C(=C/N)/C=N/C(F)(F)F)ccn4)(CC2)CC3)cc1C. The fourth-order valence-electron chi connectivity index (χ4n) is 7.42. The Balaban J connectivity index is 1.41. The van der Waals surface area contributed by atoms with Gasteiger partial charge in [-0.3, -0.25) is 9.69 Å². The molecule has 0 aliphatic heterocycles. The number of carbonyl (C=O) groups is 1. The van der Waals surface area contributed by atoms with Crippen molar-refractivity contribution < 1.29 is 22.7 Å². The first kappa shape index (κ1) is 30.1. The first-order valence-corrected chi connectivity index (χ1v) is 15.0. The molecule has 1 aromatic heterocycles. The third-order valence-electron chi connectivity index (χ3n) is 10.0. The van der Waals surface area contributed by atoms with Crippen molar-refractivity contribution in [1.82, 2.24) is 4.98 Å². The number of pyridine rings is 1. The van der Waals surface area contributed by atoms with E-state index in [0.717, 1.165) is 88.1 Å². The number of benzene rings is 1. The first-order chi connectivity index (χ1) is 20.1. The van der Waals surface area contributed by atoms with Gasteiger partial charge in [-0.2, -0.15) is 4.99 Å². The minimum atomic E-state index is -4.70. The van der Waals surface area contributed by atoms with Crippen LogP contribution in [0.5, 0.6) is 5.75 Å². The highest BCUT2D eigenvalue weighted by Gasteiger charge is 2.50. The second-order valence-corrected chi connectivity index (χ2v) is 12.5. The van der Waals surface area contributed by atoms with Gasteiger partial charge in [0.25, 0.3) is 0 Å². The van der Waals surface area contributed by atoms with E-state index in [0.29, 0.717) is 24.1 Å². The summed E-state index contributed by atoms with van der Waals surface area (Å²) < 4.78 is 43.8. The van der Waals surface area contributed by atoms with Gasteiger partial charge in [0.05, 0.1) is 7.11 Å². The molecule has 0 atom stereocenters. The summed E-state index contributed by atoms with van der Waals surface area (Å²) in [6.45, 7) is 2.65. The highest BCUT2D eigenvalue weighted by atomic mass is 19.4. The molecule has 1 heterocycles. The summed E-state index contributed by atoms with van der Waals surface area (Å²) in [5.41, 5.74) is 8.90. The average Bonchev–Trinajstić information content (AvgIpc) is 3.01. The van der Waals surface area contributed by atoms with Crippen molar-refractivity contribution in [1.29, 1.82) is 0 Å². The van der Waals surface area contributed by atoms with E-state index in [1.54, 1.807) is 19.2 Å². The molecule has 2 aromatic rings. The molecule has 0 unspecified atom stereocenters. The summed E-state index contributed by atoms with van der Waals surface area (Å²) >= 11 is 0. The normalized spacial score (nSPS) is 25.1. The number of aromatic nitrogens is 1. The highest BCUT2D eigenvalue weighted by molar-refractivity contribution is 6.10. The lowest BCUT2D eigenvalue weighted by Crippen LogP contribution is -2.51. The van der Waals surface area contributed by atoms with Gasteiger partial charge in [-0.05, 0) is 104 Å². The van der Waals surface area contributed by atoms with Gasteiger partial charge < -0.3 is 10.5 Å². The Morgan fingerprint density at radius 3 is 2.38 bits per heavy atom. The van der Waals surface area contributed by atoms with Crippen LogP contribution in [0.25, 0.3) is 5.57 Å². The number of aliphatic imine (C=N–C) groups is 1. The topological polar surface area (TPSA) is 80.8 Å². The van der Waals surface area contributed by atoms with Gasteiger partial charge in [0.2, 0.25) is 5.91 Å². The molecule has 42 heavy (non-hydrogen) atoms. The van der Waals surface area contributed by atoms with Crippen LogP contribution in [-0.4, -0.2) is 37.1 Å². The minimum absolute atomic E-state index is 0.0183. The maximum atomic E-state index is 14.1. The number of fused-ring (bicyclic) bond motifs is 3. The fourth-order valence-corrected chi connectivity index (χ4v) is 7.42. The second kappa shape index (κ2) is 12.1. The number of allylic oxidation sites excluding steroid dienone is 1. The van der Waals surface area contributed by atoms with Crippen molar-refractivity contribution in [2.75, 3.05) is 18.6 Å². The van der Waals surface area contributed by atoms with Crippen LogP contribution in [0.4, 0.5) is 19.0 Å². The molecule has 0 saturated heterocycles. The third-order valence-corrected chi connectivity index (χ3v) is 10.0. The molecule has 9 heteroatoms. The molecule has 6 rings (SSSR count). The molecule has 4 aliphatic carbocycles. The average molecular weight is 583 g/mol. The van der Waals surface area contributed by atoms with E-state index in [1.807, 2.05) is 4.90 Å². The summed E-state index contributed by atoms with van der Waals surface area (Å²) in [6, 6.07) is 9.83. The first-order valence-electron chi connectivity index (χ1n) is 15.0. The van der Waals surface area contributed by atoms with Crippen LogP contribution in [0.2, 0.25) is 0 Å². The summed E-state index contributed by atoms with van der Waals surface area (Å²) in [6.07, 6.45) is 9.78. The standard InChI is InChI=1S/C33H41F3N4O2/c1-23-18-27(8-9-28(23)42-2)32-14-11-31(12-15-32,13-16-32)22-40(30(41)24-6-4-3-5-7-24)29-19-25(10-17-38-29)26(20-37)21-39-33(34,35)36/h8-10,17-21,24H,3-7,11-16,22,37H2,1-2H3/b26-20+,39-21+. The lowest BCUT2D eigenvalue weighted by Gasteiger charge is -2.55. The summed E-state index contributed by atoms with van der Waals surface area (Å²) in [5.74, 6) is 1.38. The van der Waals surface area contributed by atoms with Gasteiger partial charge >= 0.3 is 6.30 Å². The summed E-state index contributed by atoms with van der Waals surface area (Å²) in [7, 11) is 1.70. The number of anilines is 1. The number of ether oxygens (including phenoxy) is 1. The Hall–Kier alpha value is -3.36. The predicted octanol–water partition coefficient (Wildman–Crippen LogP) is 7.49. The largest absolute Gasteiger partial charge is 0.503 e. The van der Waals surface area contributed by atoms with E-state index in [1.165, 1.54) is 11.8 Å². The molecule has 0 spiro atoms. The smallest absolute Gasteiger partial charge is 0.496 e. The Labute approximate surface area is 246 Å². The molecule has 2 N–H and O–H groups in total. The van der Waals surface area contributed by atoms with Crippen LogP contribution in [0.15, 0.2) is 47.7 Å². The van der Waals surface area contributed by atoms with E-state index in [9.17, 15) is 18.0 Å². The maximum absolute atomic E-state index is 14.1. The van der Waals surface area contributed by atoms with Gasteiger partial charge in [-0.15, -0.1) is 13.2 Å². The number of nitrogens with two attached hydrogens (primary N) is 1. The molecule has 4 fully saturated rings. The molecule has 4 aliphatic rings. The van der Waals surface area contributed by atoms with Crippen molar-refractivity contribution in [2.45, 2.75) is 89.3 Å². The zero-order chi connectivity index (χ0) is 30.0. The number of halogens is 3. The molecule has 1 aromatic carbocycles. The number of carbonyl (C=O) groups excluding carboxylic acids is 1. The summed E-state index contributed by atoms with van der Waals surface area (Å²) in [4.78, 5) is 23.2. The van der Waals surface area contributed by atoms with Crippen LogP contribution in [0.1, 0.15) is 87.3 Å². The predicted molar refractivity (Wildman–Crippen MR) is 159 cm³/mol. The van der Waals surface area contributed by atoms with Crippen molar-refractivity contribution in [3.05, 3.63) is 59.4 Å². The van der Waals surface area contributed by atoms with E-state index < -0.39 is 6.30 Å². The lowest BCUT2D eigenvalue weighted by molar-refractivity contribution is -0.124. The van der Waals surface area contributed by atoms with Crippen molar-refractivity contribution in [3.63, 3.8) is 0 Å². The molecular formula is C33H41F3N4O2. The van der Waals surface area contributed by atoms with Gasteiger partial charge in [0.15, 0.2) is 0 Å². The molecule has 6 nitrogen and oxygen atoms in total. The highest BCUT2D eigenvalue weighted by Crippen LogP contribution is 2.58. The monoisotopic (exact) mass is 582 g/mol. The minimum Gasteiger partial charge on any atom is -0.496 e.